The molecule has 2 aliphatic heterocycles. The first-order chi connectivity index (χ1) is 17.0. The lowest BCUT2D eigenvalue weighted by atomic mass is 10.1. The molecule has 2 aliphatic rings. The van der Waals surface area contributed by atoms with Crippen molar-refractivity contribution in [1.29, 1.82) is 5.41 Å². The number of carbonyl (C=O) groups excluding carboxylic acids is 1. The highest BCUT2D eigenvalue weighted by Gasteiger charge is 2.36. The van der Waals surface area contributed by atoms with Crippen molar-refractivity contribution < 1.29 is 4.79 Å². The normalized spacial score (nSPS) is 16.9. The van der Waals surface area contributed by atoms with Crippen molar-refractivity contribution in [3.63, 3.8) is 0 Å². The van der Waals surface area contributed by atoms with Gasteiger partial charge in [-0.05, 0) is 30.0 Å². The molecule has 11 heteroatoms. The molecule has 0 bridgehead atoms. The van der Waals surface area contributed by atoms with Crippen LogP contribution in [0.4, 0.5) is 0 Å². The SMILES string of the molecule is CC(C)c1nn2c(C=C3C(=N)N4N=C(c5cccnc5)SC4=NC3=O)c(-c3ccccc3)nc2s1. The van der Waals surface area contributed by atoms with E-state index in [1.807, 2.05) is 42.5 Å². The summed E-state index contributed by atoms with van der Waals surface area (Å²) in [5, 5.41) is 21.4. The van der Waals surface area contributed by atoms with Crippen LogP contribution in [-0.4, -0.2) is 46.5 Å². The monoisotopic (exact) mass is 498 g/mol. The third-order valence-electron chi connectivity index (χ3n) is 5.44. The molecule has 35 heavy (non-hydrogen) atoms. The lowest BCUT2D eigenvalue weighted by Gasteiger charge is -2.20. The topological polar surface area (TPSA) is 112 Å². The van der Waals surface area contributed by atoms with Gasteiger partial charge in [0.05, 0.1) is 17.0 Å². The number of imidazole rings is 1. The van der Waals surface area contributed by atoms with E-state index in [0.717, 1.165) is 21.1 Å². The minimum atomic E-state index is -0.496. The van der Waals surface area contributed by atoms with Gasteiger partial charge in [-0.25, -0.2) is 9.50 Å². The molecule has 0 spiro atoms. The summed E-state index contributed by atoms with van der Waals surface area (Å²) in [6.07, 6.45) is 5.02. The van der Waals surface area contributed by atoms with Gasteiger partial charge >= 0.3 is 0 Å². The van der Waals surface area contributed by atoms with Crippen LogP contribution in [0.3, 0.4) is 0 Å². The Morgan fingerprint density at radius 3 is 2.63 bits per heavy atom. The lowest BCUT2D eigenvalue weighted by molar-refractivity contribution is -0.114. The quantitative estimate of drug-likeness (QED) is 0.410. The van der Waals surface area contributed by atoms with Crippen LogP contribution in [-0.2, 0) is 4.79 Å². The minimum absolute atomic E-state index is 0.0420. The van der Waals surface area contributed by atoms with E-state index in [2.05, 4.69) is 28.9 Å². The molecule has 0 saturated carbocycles. The summed E-state index contributed by atoms with van der Waals surface area (Å²) in [7, 11) is 0. The largest absolute Gasteiger partial charge is 0.283 e. The Labute approximate surface area is 208 Å². The zero-order valence-corrected chi connectivity index (χ0v) is 20.3. The van der Waals surface area contributed by atoms with E-state index in [1.165, 1.54) is 28.1 Å². The van der Waals surface area contributed by atoms with Crippen LogP contribution in [0.1, 0.15) is 36.0 Å². The predicted octanol–water partition coefficient (Wildman–Crippen LogP) is 4.64. The number of nitrogens with zero attached hydrogens (tertiary/aromatic N) is 7. The highest BCUT2D eigenvalue weighted by Crippen LogP contribution is 2.34. The molecule has 6 rings (SSSR count). The fraction of sp³-hybridized carbons (Fsp3) is 0.125. The fourth-order valence-electron chi connectivity index (χ4n) is 3.68. The summed E-state index contributed by atoms with van der Waals surface area (Å²) < 4.78 is 1.75. The molecule has 5 heterocycles. The van der Waals surface area contributed by atoms with Gasteiger partial charge in [-0.1, -0.05) is 55.5 Å². The molecular weight excluding hydrogens is 480 g/mol. The Kier molecular flexibility index (Phi) is 5.15. The molecule has 1 aromatic carbocycles. The van der Waals surface area contributed by atoms with Gasteiger partial charge in [0.25, 0.3) is 5.91 Å². The zero-order valence-electron chi connectivity index (χ0n) is 18.7. The van der Waals surface area contributed by atoms with Crippen LogP contribution in [0.2, 0.25) is 0 Å². The minimum Gasteiger partial charge on any atom is -0.282 e. The Morgan fingerprint density at radius 1 is 1.09 bits per heavy atom. The molecule has 0 fully saturated rings. The summed E-state index contributed by atoms with van der Waals surface area (Å²) >= 11 is 2.76. The summed E-state index contributed by atoms with van der Waals surface area (Å²) in [5.74, 6) is -0.296. The van der Waals surface area contributed by atoms with Crippen molar-refractivity contribution >= 4 is 56.1 Å². The predicted molar refractivity (Wildman–Crippen MR) is 139 cm³/mol. The van der Waals surface area contributed by atoms with Gasteiger partial charge in [-0.3, -0.25) is 15.2 Å². The van der Waals surface area contributed by atoms with E-state index < -0.39 is 5.91 Å². The molecule has 1 amide bonds. The molecule has 172 valence electrons. The molecule has 3 aromatic heterocycles. The third kappa shape index (κ3) is 3.69. The van der Waals surface area contributed by atoms with Crippen LogP contribution in [0.25, 0.3) is 22.3 Å². The number of nitrogens with one attached hydrogen (secondary N) is 1. The molecule has 1 N–H and O–H groups in total. The second-order valence-electron chi connectivity index (χ2n) is 8.17. The van der Waals surface area contributed by atoms with Crippen molar-refractivity contribution in [2.24, 2.45) is 10.1 Å². The number of rotatable bonds is 4. The number of carbonyl (C=O) groups is 1. The number of pyridine rings is 1. The van der Waals surface area contributed by atoms with E-state index in [9.17, 15) is 4.79 Å². The molecule has 0 aliphatic carbocycles. The molecule has 0 radical (unpaired) electrons. The number of hydrogen-bond acceptors (Lipinski definition) is 8. The van der Waals surface area contributed by atoms with E-state index in [-0.39, 0.29) is 17.3 Å². The van der Waals surface area contributed by atoms with Gasteiger partial charge in [-0.2, -0.15) is 20.2 Å². The summed E-state index contributed by atoms with van der Waals surface area (Å²) in [5.41, 5.74) is 3.15. The van der Waals surface area contributed by atoms with Crippen molar-refractivity contribution in [3.05, 3.63) is 76.7 Å². The Morgan fingerprint density at radius 2 is 1.89 bits per heavy atom. The third-order valence-corrected chi connectivity index (χ3v) is 7.61. The Bertz CT molecular complexity index is 1580. The van der Waals surface area contributed by atoms with Crippen LogP contribution >= 0.6 is 23.1 Å². The fourth-order valence-corrected chi connectivity index (χ4v) is 5.47. The highest BCUT2D eigenvalue weighted by atomic mass is 32.2. The average Bonchev–Trinajstić information content (AvgIpc) is 3.56. The summed E-state index contributed by atoms with van der Waals surface area (Å²) in [4.78, 5) is 27.0. The number of amidine groups is 2. The standard InChI is InChI=1S/C24H18N8OS2/c1-13(2)21-29-31-17(18(27-23(31)34-21)14-7-4-3-5-8-14)11-16-19(25)32-24(28-20(16)33)35-22(30-32)15-9-6-10-26-12-15/h3-13,25H,1-2H3. The number of aliphatic imine (C=N–C) groups is 1. The Balaban J connectivity index is 1.47. The van der Waals surface area contributed by atoms with Crippen molar-refractivity contribution in [2.45, 2.75) is 19.8 Å². The summed E-state index contributed by atoms with van der Waals surface area (Å²) in [6, 6.07) is 13.4. The summed E-state index contributed by atoms with van der Waals surface area (Å²) in [6.45, 7) is 4.15. The first kappa shape index (κ1) is 21.6. The van der Waals surface area contributed by atoms with Crippen LogP contribution in [0, 0.1) is 5.41 Å². The van der Waals surface area contributed by atoms with Gasteiger partial charge in [0, 0.05) is 29.4 Å². The maximum atomic E-state index is 13.1. The number of aromatic nitrogens is 4. The van der Waals surface area contributed by atoms with Crippen molar-refractivity contribution in [2.75, 3.05) is 0 Å². The number of hydrazone groups is 1. The van der Waals surface area contributed by atoms with Gasteiger partial charge in [0.2, 0.25) is 10.1 Å². The highest BCUT2D eigenvalue weighted by molar-refractivity contribution is 8.27. The average molecular weight is 499 g/mol. The number of benzene rings is 1. The molecule has 4 aromatic rings. The smallest absolute Gasteiger partial charge is 0.282 e. The molecule has 0 atom stereocenters. The maximum Gasteiger partial charge on any atom is 0.283 e. The lowest BCUT2D eigenvalue weighted by Crippen LogP contribution is -2.35. The second-order valence-corrected chi connectivity index (χ2v) is 10.1. The maximum absolute atomic E-state index is 13.1. The van der Waals surface area contributed by atoms with Crippen molar-refractivity contribution in [3.8, 4) is 11.3 Å². The molecule has 9 nitrogen and oxygen atoms in total. The number of fused-ring (bicyclic) bond motifs is 2. The van der Waals surface area contributed by atoms with E-state index >= 15 is 0 Å². The first-order valence-corrected chi connectivity index (χ1v) is 12.5. The van der Waals surface area contributed by atoms with Gasteiger partial charge in [-0.15, -0.1) is 0 Å². The Hall–Kier alpha value is -3.96. The first-order valence-electron chi connectivity index (χ1n) is 10.8. The molecule has 0 unspecified atom stereocenters. The number of amides is 1. The van der Waals surface area contributed by atoms with Gasteiger partial charge < -0.3 is 0 Å². The molecule has 0 saturated heterocycles. The van der Waals surface area contributed by atoms with E-state index in [0.29, 0.717) is 21.6 Å². The van der Waals surface area contributed by atoms with Crippen LogP contribution < -0.4 is 0 Å². The van der Waals surface area contributed by atoms with E-state index in [4.69, 9.17) is 15.5 Å². The van der Waals surface area contributed by atoms with Gasteiger partial charge in [0.1, 0.15) is 10.1 Å². The van der Waals surface area contributed by atoms with Crippen LogP contribution in [0.5, 0.6) is 0 Å². The van der Waals surface area contributed by atoms with Crippen molar-refractivity contribution in [1.82, 2.24) is 24.6 Å². The van der Waals surface area contributed by atoms with E-state index in [1.54, 1.807) is 23.0 Å². The number of thioether (sulfide) groups is 1. The second kappa shape index (κ2) is 8.36. The molecular formula is C24H18N8OS2. The van der Waals surface area contributed by atoms with Gasteiger partial charge in [0.15, 0.2) is 5.84 Å². The van der Waals surface area contributed by atoms with Crippen LogP contribution in [0.15, 0.2) is 70.5 Å². The number of hydrogen-bond donors (Lipinski definition) is 1. The zero-order chi connectivity index (χ0) is 24.1.